The molecule has 2 heterocycles. The molecule has 0 radical (unpaired) electrons. The predicted octanol–water partition coefficient (Wildman–Crippen LogP) is 1.09. The van der Waals surface area contributed by atoms with Gasteiger partial charge in [-0.2, -0.15) is 0 Å². The number of aryl methyl sites for hydroxylation is 2. The SMILES string of the molecule is Cc1ccn(CCCN2CCCCC2CO)c(=O)c1C(=O)O. The van der Waals surface area contributed by atoms with Gasteiger partial charge in [0.2, 0.25) is 0 Å². The quantitative estimate of drug-likeness (QED) is 0.822. The van der Waals surface area contributed by atoms with E-state index in [-0.39, 0.29) is 18.2 Å². The summed E-state index contributed by atoms with van der Waals surface area (Å²) in [5.74, 6) is -1.17. The number of aromatic nitrogens is 1. The van der Waals surface area contributed by atoms with E-state index >= 15 is 0 Å². The third-order valence-electron chi connectivity index (χ3n) is 4.39. The lowest BCUT2D eigenvalue weighted by molar-refractivity contribution is 0.0693. The maximum atomic E-state index is 12.2. The fourth-order valence-corrected chi connectivity index (χ4v) is 3.11. The lowest BCUT2D eigenvalue weighted by Crippen LogP contribution is -2.42. The molecule has 0 aliphatic carbocycles. The number of piperidine rings is 1. The van der Waals surface area contributed by atoms with Crippen molar-refractivity contribution in [1.29, 1.82) is 0 Å². The molecule has 2 rings (SSSR count). The summed E-state index contributed by atoms with van der Waals surface area (Å²) in [7, 11) is 0. The molecule has 6 nitrogen and oxygen atoms in total. The molecule has 6 heteroatoms. The van der Waals surface area contributed by atoms with Crippen LogP contribution in [0.15, 0.2) is 17.1 Å². The highest BCUT2D eigenvalue weighted by molar-refractivity contribution is 5.88. The Morgan fingerprint density at radius 2 is 2.14 bits per heavy atom. The number of aliphatic hydroxyl groups is 1. The highest BCUT2D eigenvalue weighted by Crippen LogP contribution is 2.16. The molecule has 122 valence electrons. The van der Waals surface area contributed by atoms with Crippen LogP contribution in [0.4, 0.5) is 0 Å². The summed E-state index contributed by atoms with van der Waals surface area (Å²) >= 11 is 0. The summed E-state index contributed by atoms with van der Waals surface area (Å²) in [6.45, 7) is 4.10. The van der Waals surface area contributed by atoms with Gasteiger partial charge in [-0.15, -0.1) is 0 Å². The van der Waals surface area contributed by atoms with Crippen molar-refractivity contribution in [2.75, 3.05) is 19.7 Å². The van der Waals surface area contributed by atoms with Gasteiger partial charge >= 0.3 is 5.97 Å². The Labute approximate surface area is 130 Å². The minimum atomic E-state index is -1.17. The fourth-order valence-electron chi connectivity index (χ4n) is 3.11. The van der Waals surface area contributed by atoms with Crippen LogP contribution in [0.2, 0.25) is 0 Å². The van der Waals surface area contributed by atoms with E-state index in [2.05, 4.69) is 4.90 Å². The number of pyridine rings is 1. The van der Waals surface area contributed by atoms with E-state index in [0.29, 0.717) is 12.1 Å². The second-order valence-electron chi connectivity index (χ2n) is 5.90. The van der Waals surface area contributed by atoms with Gasteiger partial charge in [-0.25, -0.2) is 4.79 Å². The Balaban J connectivity index is 1.99. The van der Waals surface area contributed by atoms with Gasteiger partial charge in [-0.05, 0) is 44.4 Å². The zero-order valence-electron chi connectivity index (χ0n) is 13.0. The van der Waals surface area contributed by atoms with Gasteiger partial charge < -0.3 is 14.8 Å². The minimum absolute atomic E-state index is 0.145. The van der Waals surface area contributed by atoms with Crippen molar-refractivity contribution in [3.63, 3.8) is 0 Å². The number of carboxylic acid groups (broad SMARTS) is 1. The summed E-state index contributed by atoms with van der Waals surface area (Å²) in [5.41, 5.74) is -0.0938. The van der Waals surface area contributed by atoms with Gasteiger partial charge in [-0.1, -0.05) is 6.42 Å². The maximum absolute atomic E-state index is 12.2. The van der Waals surface area contributed by atoms with Gasteiger partial charge in [0.15, 0.2) is 0 Å². The molecule has 1 aromatic heterocycles. The molecule has 1 atom stereocenters. The highest BCUT2D eigenvalue weighted by Gasteiger charge is 2.21. The first kappa shape index (κ1) is 16.7. The van der Waals surface area contributed by atoms with E-state index < -0.39 is 11.5 Å². The maximum Gasteiger partial charge on any atom is 0.341 e. The molecule has 1 aromatic rings. The normalized spacial score (nSPS) is 19.3. The summed E-state index contributed by atoms with van der Waals surface area (Å²) < 4.78 is 1.47. The molecule has 0 amide bonds. The largest absolute Gasteiger partial charge is 0.477 e. The molecule has 1 fully saturated rings. The number of carbonyl (C=O) groups is 1. The lowest BCUT2D eigenvalue weighted by Gasteiger charge is -2.34. The molecule has 0 bridgehead atoms. The number of likely N-dealkylation sites (tertiary alicyclic amines) is 1. The Bertz CT molecular complexity index is 582. The Morgan fingerprint density at radius 3 is 2.82 bits per heavy atom. The van der Waals surface area contributed by atoms with E-state index in [9.17, 15) is 14.7 Å². The van der Waals surface area contributed by atoms with Crippen molar-refractivity contribution in [2.45, 2.75) is 45.2 Å². The minimum Gasteiger partial charge on any atom is -0.477 e. The number of hydrogen-bond donors (Lipinski definition) is 2. The van der Waals surface area contributed by atoms with Crippen molar-refractivity contribution >= 4 is 5.97 Å². The van der Waals surface area contributed by atoms with Crippen LogP contribution in [-0.4, -0.2) is 51.4 Å². The number of nitrogens with zero attached hydrogens (tertiary/aromatic N) is 2. The number of rotatable bonds is 6. The third kappa shape index (κ3) is 3.75. The van der Waals surface area contributed by atoms with Crippen molar-refractivity contribution in [1.82, 2.24) is 9.47 Å². The van der Waals surface area contributed by atoms with Gasteiger partial charge in [0, 0.05) is 25.3 Å². The van der Waals surface area contributed by atoms with Crippen LogP contribution in [0, 0.1) is 6.92 Å². The smallest absolute Gasteiger partial charge is 0.341 e. The molecule has 1 unspecified atom stereocenters. The third-order valence-corrected chi connectivity index (χ3v) is 4.39. The van der Waals surface area contributed by atoms with Crippen LogP contribution in [0.5, 0.6) is 0 Å². The van der Waals surface area contributed by atoms with Crippen LogP contribution >= 0.6 is 0 Å². The van der Waals surface area contributed by atoms with Gasteiger partial charge in [0.05, 0.1) is 6.61 Å². The molecule has 2 N–H and O–H groups in total. The second kappa shape index (κ2) is 7.56. The Hall–Kier alpha value is -1.66. The predicted molar refractivity (Wildman–Crippen MR) is 83.3 cm³/mol. The van der Waals surface area contributed by atoms with Gasteiger partial charge in [-0.3, -0.25) is 9.69 Å². The zero-order chi connectivity index (χ0) is 16.1. The first-order chi connectivity index (χ1) is 10.5. The van der Waals surface area contributed by atoms with E-state index in [1.807, 2.05) is 0 Å². The monoisotopic (exact) mass is 308 g/mol. The summed E-state index contributed by atoms with van der Waals surface area (Å²) in [6.07, 6.45) is 5.73. The topological polar surface area (TPSA) is 82.8 Å². The van der Waals surface area contributed by atoms with Crippen molar-refractivity contribution in [2.24, 2.45) is 0 Å². The number of aromatic carboxylic acids is 1. The standard InChI is InChI=1S/C16H24N2O4/c1-12-6-10-18(15(20)14(12)16(21)22)9-4-8-17-7-3-2-5-13(17)11-19/h6,10,13,19H,2-5,7-9,11H2,1H3,(H,21,22). The molecule has 0 spiro atoms. The molecule has 1 saturated heterocycles. The first-order valence-corrected chi connectivity index (χ1v) is 7.83. The molecule has 1 aliphatic rings. The van der Waals surface area contributed by atoms with Crippen LogP contribution in [-0.2, 0) is 6.54 Å². The highest BCUT2D eigenvalue weighted by atomic mass is 16.4. The molecular formula is C16H24N2O4. The summed E-state index contributed by atoms with van der Waals surface area (Å²) in [6, 6.07) is 1.89. The molecular weight excluding hydrogens is 284 g/mol. The first-order valence-electron chi connectivity index (χ1n) is 7.83. The van der Waals surface area contributed by atoms with Crippen LogP contribution in [0.3, 0.4) is 0 Å². The number of aliphatic hydroxyl groups excluding tert-OH is 1. The Kier molecular flexibility index (Phi) is 5.74. The van der Waals surface area contributed by atoms with Crippen LogP contribution in [0.25, 0.3) is 0 Å². The van der Waals surface area contributed by atoms with Crippen molar-refractivity contribution in [3.05, 3.63) is 33.7 Å². The summed E-state index contributed by atoms with van der Waals surface area (Å²) in [5, 5.41) is 18.5. The second-order valence-corrected chi connectivity index (χ2v) is 5.90. The average molecular weight is 308 g/mol. The number of hydrogen-bond acceptors (Lipinski definition) is 4. The Morgan fingerprint density at radius 1 is 1.36 bits per heavy atom. The van der Waals surface area contributed by atoms with E-state index in [0.717, 1.165) is 38.8 Å². The molecule has 22 heavy (non-hydrogen) atoms. The van der Waals surface area contributed by atoms with Crippen LogP contribution in [0.1, 0.15) is 41.6 Å². The molecule has 0 aromatic carbocycles. The van der Waals surface area contributed by atoms with Gasteiger partial charge in [0.25, 0.3) is 5.56 Å². The van der Waals surface area contributed by atoms with Crippen molar-refractivity contribution in [3.8, 4) is 0 Å². The average Bonchev–Trinajstić information content (AvgIpc) is 2.49. The lowest BCUT2D eigenvalue weighted by atomic mass is 10.0. The van der Waals surface area contributed by atoms with Gasteiger partial charge in [0.1, 0.15) is 5.56 Å². The summed E-state index contributed by atoms with van der Waals surface area (Å²) in [4.78, 5) is 25.6. The molecule has 0 saturated carbocycles. The zero-order valence-corrected chi connectivity index (χ0v) is 13.0. The van der Waals surface area contributed by atoms with Crippen molar-refractivity contribution < 1.29 is 15.0 Å². The van der Waals surface area contributed by atoms with E-state index in [1.165, 1.54) is 4.57 Å². The van der Waals surface area contributed by atoms with E-state index in [4.69, 9.17) is 5.11 Å². The number of carboxylic acids is 1. The molecule has 1 aliphatic heterocycles. The fraction of sp³-hybridized carbons (Fsp3) is 0.625. The van der Waals surface area contributed by atoms with Crippen LogP contribution < -0.4 is 5.56 Å². The van der Waals surface area contributed by atoms with E-state index in [1.54, 1.807) is 19.2 Å².